The monoisotopic (exact) mass is 161 g/mol. The van der Waals surface area contributed by atoms with E-state index in [-0.39, 0.29) is 5.97 Å². The highest BCUT2D eigenvalue weighted by Gasteiger charge is 2.18. The zero-order chi connectivity index (χ0) is 8.91. The number of hydrogen-bond donors (Lipinski definition) is 2. The molecule has 1 unspecified atom stereocenters. The highest BCUT2D eigenvalue weighted by molar-refractivity contribution is 5.68. The second kappa shape index (κ2) is 4.31. The van der Waals surface area contributed by atoms with E-state index >= 15 is 0 Å². The second-order valence-electron chi connectivity index (χ2n) is 2.56. The third-order valence-electron chi connectivity index (χ3n) is 1.36. The van der Waals surface area contributed by atoms with E-state index in [4.69, 9.17) is 0 Å². The average molecular weight is 161 g/mol. The Kier molecular flexibility index (Phi) is 4.07. The Labute approximate surface area is 66.5 Å². The molecule has 0 aliphatic rings. The first-order chi connectivity index (χ1) is 5.02. The van der Waals surface area contributed by atoms with Crippen LogP contribution in [0.25, 0.3) is 0 Å². The normalized spacial score (nSPS) is 15.6. The minimum Gasteiger partial charge on any atom is -0.373 e. The van der Waals surface area contributed by atoms with Crippen molar-refractivity contribution >= 4 is 5.97 Å². The molecule has 0 saturated heterocycles. The summed E-state index contributed by atoms with van der Waals surface area (Å²) in [6, 6.07) is 0. The molecule has 0 radical (unpaired) electrons. The molecule has 11 heavy (non-hydrogen) atoms. The molecule has 66 valence electrons. The van der Waals surface area contributed by atoms with Crippen LogP contribution in [-0.2, 0) is 9.63 Å². The quantitative estimate of drug-likeness (QED) is 0.467. The van der Waals surface area contributed by atoms with Gasteiger partial charge in [-0.1, -0.05) is 13.8 Å². The molecule has 0 aromatic carbocycles. The molecule has 0 aliphatic carbocycles. The van der Waals surface area contributed by atoms with Crippen LogP contribution in [0.2, 0.25) is 0 Å². The van der Waals surface area contributed by atoms with Gasteiger partial charge in [0.25, 0.3) is 0 Å². The molecule has 0 spiro atoms. The number of rotatable bonds is 4. The van der Waals surface area contributed by atoms with Crippen LogP contribution in [0.1, 0.15) is 33.6 Å². The van der Waals surface area contributed by atoms with Gasteiger partial charge in [0.05, 0.1) is 0 Å². The summed E-state index contributed by atoms with van der Waals surface area (Å²) in [6.07, 6.45) is 0.775. The predicted molar refractivity (Wildman–Crippen MR) is 40.4 cm³/mol. The first kappa shape index (κ1) is 10.4. The lowest BCUT2D eigenvalue weighted by Gasteiger charge is -2.21. The number of carbonyl (C=O) groups is 1. The van der Waals surface area contributed by atoms with Crippen LogP contribution in [0.5, 0.6) is 0 Å². The fourth-order valence-electron chi connectivity index (χ4n) is 0.311. The summed E-state index contributed by atoms with van der Waals surface area (Å²) >= 11 is 0. The summed E-state index contributed by atoms with van der Waals surface area (Å²) in [4.78, 5) is 15.1. The summed E-state index contributed by atoms with van der Waals surface area (Å²) in [5.74, 6) is -0.376. The van der Waals surface area contributed by atoms with Crippen LogP contribution >= 0.6 is 0 Å². The maximum atomic E-state index is 10.6. The zero-order valence-corrected chi connectivity index (χ0v) is 7.18. The van der Waals surface area contributed by atoms with E-state index in [9.17, 15) is 9.90 Å². The first-order valence-electron chi connectivity index (χ1n) is 3.71. The molecule has 0 bridgehead atoms. The second-order valence-corrected chi connectivity index (χ2v) is 2.56. The topological polar surface area (TPSA) is 58.6 Å². The summed E-state index contributed by atoms with van der Waals surface area (Å²) in [5.41, 5.74) is 1.15. The number of aliphatic hydroxyl groups is 1. The minimum absolute atomic E-state index is 0.298. The molecule has 0 aliphatic heterocycles. The van der Waals surface area contributed by atoms with Crippen LogP contribution < -0.4 is 5.48 Å². The van der Waals surface area contributed by atoms with Crippen molar-refractivity contribution in [2.24, 2.45) is 0 Å². The number of hydrogen-bond acceptors (Lipinski definition) is 4. The molecular formula is C7H15NO3. The van der Waals surface area contributed by atoms with Crippen molar-refractivity contribution in [1.29, 1.82) is 0 Å². The van der Waals surface area contributed by atoms with Crippen LogP contribution in [0, 0.1) is 0 Å². The zero-order valence-electron chi connectivity index (χ0n) is 7.18. The fourth-order valence-corrected chi connectivity index (χ4v) is 0.311. The first-order valence-corrected chi connectivity index (χ1v) is 3.71. The van der Waals surface area contributed by atoms with Crippen molar-refractivity contribution in [3.8, 4) is 0 Å². The van der Waals surface area contributed by atoms with Gasteiger partial charge in [-0.15, -0.1) is 5.48 Å². The SMILES string of the molecule is CCC(=O)ONC(C)(O)CC. The molecule has 4 heteroatoms. The number of carbonyl (C=O) groups excluding carboxylic acids is 1. The molecule has 0 aromatic heterocycles. The van der Waals surface area contributed by atoms with Crippen molar-refractivity contribution in [2.45, 2.75) is 39.3 Å². The van der Waals surface area contributed by atoms with Crippen molar-refractivity contribution in [1.82, 2.24) is 5.48 Å². The van der Waals surface area contributed by atoms with Crippen molar-refractivity contribution in [3.63, 3.8) is 0 Å². The third-order valence-corrected chi connectivity index (χ3v) is 1.36. The van der Waals surface area contributed by atoms with Crippen LogP contribution in [0.4, 0.5) is 0 Å². The lowest BCUT2D eigenvalue weighted by atomic mass is 10.2. The Hall–Kier alpha value is -0.610. The fraction of sp³-hybridized carbons (Fsp3) is 0.857. The van der Waals surface area contributed by atoms with Crippen LogP contribution in [-0.4, -0.2) is 16.8 Å². The van der Waals surface area contributed by atoms with Gasteiger partial charge in [-0.2, -0.15) is 0 Å². The maximum Gasteiger partial charge on any atom is 0.324 e. The van der Waals surface area contributed by atoms with E-state index in [2.05, 4.69) is 10.3 Å². The van der Waals surface area contributed by atoms with E-state index in [1.165, 1.54) is 6.92 Å². The molecule has 0 heterocycles. The van der Waals surface area contributed by atoms with Crippen LogP contribution in [0.3, 0.4) is 0 Å². The van der Waals surface area contributed by atoms with Gasteiger partial charge in [-0.3, -0.25) is 4.79 Å². The lowest BCUT2D eigenvalue weighted by molar-refractivity contribution is -0.170. The Balaban J connectivity index is 3.61. The van der Waals surface area contributed by atoms with E-state index in [0.29, 0.717) is 12.8 Å². The molecule has 0 amide bonds. The van der Waals surface area contributed by atoms with Gasteiger partial charge in [-0.25, -0.2) is 0 Å². The minimum atomic E-state index is -1.12. The van der Waals surface area contributed by atoms with Gasteiger partial charge in [0.2, 0.25) is 0 Å². The molecule has 4 nitrogen and oxygen atoms in total. The van der Waals surface area contributed by atoms with E-state index in [1.54, 1.807) is 13.8 Å². The Bertz CT molecular complexity index is 134. The van der Waals surface area contributed by atoms with Gasteiger partial charge in [0, 0.05) is 6.42 Å². The van der Waals surface area contributed by atoms with Crippen molar-refractivity contribution < 1.29 is 14.7 Å². The average Bonchev–Trinajstić information content (AvgIpc) is 2.00. The molecular weight excluding hydrogens is 146 g/mol. The Morgan fingerprint density at radius 3 is 2.55 bits per heavy atom. The summed E-state index contributed by atoms with van der Waals surface area (Å²) in [5, 5.41) is 9.28. The third kappa shape index (κ3) is 4.75. The van der Waals surface area contributed by atoms with E-state index in [1.807, 2.05) is 0 Å². The van der Waals surface area contributed by atoms with E-state index < -0.39 is 5.72 Å². The number of hydroxylamine groups is 1. The van der Waals surface area contributed by atoms with Gasteiger partial charge >= 0.3 is 5.97 Å². The van der Waals surface area contributed by atoms with Gasteiger partial charge in [0.1, 0.15) is 5.72 Å². The molecule has 0 rings (SSSR count). The Morgan fingerprint density at radius 2 is 2.18 bits per heavy atom. The highest BCUT2D eigenvalue weighted by Crippen LogP contribution is 2.02. The standard InChI is InChI=1S/C7H15NO3/c1-4-6(9)11-8-7(3,10)5-2/h8,10H,4-5H2,1-3H3. The molecule has 2 N–H and O–H groups in total. The number of nitrogens with one attached hydrogen (secondary N) is 1. The highest BCUT2D eigenvalue weighted by atomic mass is 16.7. The van der Waals surface area contributed by atoms with Gasteiger partial charge < -0.3 is 9.94 Å². The van der Waals surface area contributed by atoms with Crippen LogP contribution in [0.15, 0.2) is 0 Å². The predicted octanol–water partition coefficient (Wildman–Crippen LogP) is 0.563. The maximum absolute atomic E-state index is 10.6. The summed E-state index contributed by atoms with van der Waals surface area (Å²) < 4.78 is 0. The van der Waals surface area contributed by atoms with Gasteiger partial charge in [0.15, 0.2) is 0 Å². The smallest absolute Gasteiger partial charge is 0.324 e. The van der Waals surface area contributed by atoms with E-state index in [0.717, 1.165) is 0 Å². The molecule has 0 fully saturated rings. The van der Waals surface area contributed by atoms with Crippen molar-refractivity contribution in [3.05, 3.63) is 0 Å². The lowest BCUT2D eigenvalue weighted by Crippen LogP contribution is -2.42. The molecule has 1 atom stereocenters. The molecule has 0 saturated carbocycles. The van der Waals surface area contributed by atoms with Gasteiger partial charge in [-0.05, 0) is 13.3 Å². The summed E-state index contributed by atoms with van der Waals surface area (Å²) in [7, 11) is 0. The summed E-state index contributed by atoms with van der Waals surface area (Å²) in [6.45, 7) is 5.01. The molecule has 0 aromatic rings. The Morgan fingerprint density at radius 1 is 1.64 bits per heavy atom. The largest absolute Gasteiger partial charge is 0.373 e. The van der Waals surface area contributed by atoms with Crippen molar-refractivity contribution in [2.75, 3.05) is 0 Å².